The van der Waals surface area contributed by atoms with Crippen molar-refractivity contribution in [1.29, 1.82) is 0 Å². The molecule has 5 rings (SSSR count). The Balaban J connectivity index is 1.61. The number of carbonyl (C=O) groups excluding carboxylic acids is 3. The Kier molecular flexibility index (Phi) is 8.46. The fourth-order valence-electron chi connectivity index (χ4n) is 7.66. The van der Waals surface area contributed by atoms with Crippen LogP contribution >= 0.6 is 11.8 Å². The van der Waals surface area contributed by atoms with Gasteiger partial charge in [-0.1, -0.05) is 81.8 Å². The number of likely N-dealkylation sites (tertiary alicyclic amines) is 1. The molecule has 2 fully saturated rings. The first kappa shape index (κ1) is 29.9. The van der Waals surface area contributed by atoms with Crippen LogP contribution in [0.25, 0.3) is 0 Å². The number of hydrogen-bond acceptors (Lipinski definition) is 5. The molecule has 0 radical (unpaired) electrons. The van der Waals surface area contributed by atoms with E-state index in [0.717, 1.165) is 18.4 Å². The largest absolute Gasteiger partial charge is 0.394 e. The van der Waals surface area contributed by atoms with Crippen molar-refractivity contribution < 1.29 is 19.5 Å². The quantitative estimate of drug-likeness (QED) is 0.442. The lowest BCUT2D eigenvalue weighted by atomic mass is 9.74. The van der Waals surface area contributed by atoms with E-state index in [1.807, 2.05) is 46.2 Å². The summed E-state index contributed by atoms with van der Waals surface area (Å²) in [6.45, 7) is 11.6. The maximum absolute atomic E-state index is 14.7. The average Bonchev–Trinajstić information content (AvgIpc) is 3.21. The predicted octanol–water partition coefficient (Wildman–Crippen LogP) is 4.27. The van der Waals surface area contributed by atoms with Gasteiger partial charge in [0.2, 0.25) is 17.7 Å². The molecule has 7 nitrogen and oxygen atoms in total. The minimum atomic E-state index is -0.894. The van der Waals surface area contributed by atoms with Crippen molar-refractivity contribution in [3.63, 3.8) is 0 Å². The van der Waals surface area contributed by atoms with E-state index in [1.54, 1.807) is 16.7 Å². The van der Waals surface area contributed by atoms with E-state index < -0.39 is 33.4 Å². The third kappa shape index (κ3) is 5.05. The lowest BCUT2D eigenvalue weighted by Crippen LogP contribution is -2.58. The molecule has 0 aliphatic carbocycles. The number of benzene rings is 1. The topological polar surface area (TPSA) is 81.2 Å². The molecule has 7 atom stereocenters. The zero-order valence-corrected chi connectivity index (χ0v) is 25.8. The van der Waals surface area contributed by atoms with Gasteiger partial charge in [0.1, 0.15) is 6.04 Å². The number of nitrogens with zero attached hydrogens (tertiary/aromatic N) is 3. The van der Waals surface area contributed by atoms with Crippen molar-refractivity contribution in [2.75, 3.05) is 19.7 Å². The highest BCUT2D eigenvalue weighted by Crippen LogP contribution is 2.66. The van der Waals surface area contributed by atoms with Crippen LogP contribution in [-0.4, -0.2) is 84.8 Å². The number of rotatable bonds is 9. The minimum Gasteiger partial charge on any atom is -0.394 e. The van der Waals surface area contributed by atoms with Gasteiger partial charge < -0.3 is 19.8 Å². The Morgan fingerprint density at radius 1 is 0.976 bits per heavy atom. The normalized spacial score (nSPS) is 32.6. The summed E-state index contributed by atoms with van der Waals surface area (Å²) in [4.78, 5) is 49.2. The summed E-state index contributed by atoms with van der Waals surface area (Å²) in [5.74, 6) is -1.38. The maximum atomic E-state index is 14.7. The molecule has 1 spiro atoms. The molecule has 8 heteroatoms. The van der Waals surface area contributed by atoms with Gasteiger partial charge in [0.25, 0.3) is 0 Å². The van der Waals surface area contributed by atoms with Crippen LogP contribution in [0.15, 0.2) is 54.6 Å². The number of fused-ring (bicyclic) bond motifs is 2. The first-order chi connectivity index (χ1) is 19.6. The zero-order valence-electron chi connectivity index (χ0n) is 25.0. The molecule has 3 amide bonds. The van der Waals surface area contributed by atoms with Crippen LogP contribution in [0.1, 0.15) is 59.4 Å². The molecule has 4 aliphatic rings. The van der Waals surface area contributed by atoms with E-state index in [4.69, 9.17) is 0 Å². The number of amides is 3. The monoisotopic (exact) mass is 579 g/mol. The van der Waals surface area contributed by atoms with Crippen LogP contribution in [0.4, 0.5) is 0 Å². The number of aliphatic hydroxyl groups is 1. The highest BCUT2D eigenvalue weighted by molar-refractivity contribution is 8.02. The molecule has 4 heterocycles. The van der Waals surface area contributed by atoms with Crippen molar-refractivity contribution in [2.24, 2.45) is 17.8 Å². The fraction of sp³-hybridized carbons (Fsp3) is 0.606. The van der Waals surface area contributed by atoms with E-state index in [9.17, 15) is 19.5 Å². The van der Waals surface area contributed by atoms with Crippen LogP contribution < -0.4 is 0 Å². The van der Waals surface area contributed by atoms with Crippen LogP contribution in [0.2, 0.25) is 0 Å². The Hall–Kier alpha value is -2.58. The minimum absolute atomic E-state index is 0.0244. The lowest BCUT2D eigenvalue weighted by Gasteiger charge is -2.41. The summed E-state index contributed by atoms with van der Waals surface area (Å²) in [7, 11) is 0. The van der Waals surface area contributed by atoms with Crippen molar-refractivity contribution in [3.8, 4) is 0 Å². The summed E-state index contributed by atoms with van der Waals surface area (Å²) >= 11 is 1.61. The van der Waals surface area contributed by atoms with Crippen LogP contribution in [0.3, 0.4) is 0 Å². The summed E-state index contributed by atoms with van der Waals surface area (Å²) in [5, 5.41) is 10.6. The van der Waals surface area contributed by atoms with E-state index in [1.165, 1.54) is 0 Å². The number of thioether (sulfide) groups is 1. The van der Waals surface area contributed by atoms with Gasteiger partial charge >= 0.3 is 0 Å². The first-order valence-electron chi connectivity index (χ1n) is 15.2. The van der Waals surface area contributed by atoms with Crippen LogP contribution in [-0.2, 0) is 20.9 Å². The molecule has 0 saturated carbocycles. The molecule has 4 aliphatic heterocycles. The molecule has 2 saturated heterocycles. The summed E-state index contributed by atoms with van der Waals surface area (Å²) in [5.41, 5.74) is 1.04. The molecule has 41 heavy (non-hydrogen) atoms. The van der Waals surface area contributed by atoms with Crippen LogP contribution in [0, 0.1) is 17.8 Å². The van der Waals surface area contributed by atoms with Crippen LogP contribution in [0.5, 0.6) is 0 Å². The maximum Gasteiger partial charge on any atom is 0.247 e. The number of aliphatic hydroxyl groups excluding tert-OH is 1. The van der Waals surface area contributed by atoms with Gasteiger partial charge in [0, 0.05) is 30.4 Å². The molecule has 0 bridgehead atoms. The Morgan fingerprint density at radius 3 is 2.34 bits per heavy atom. The van der Waals surface area contributed by atoms with Gasteiger partial charge in [-0.05, 0) is 38.2 Å². The predicted molar refractivity (Wildman–Crippen MR) is 163 cm³/mol. The van der Waals surface area contributed by atoms with Crippen molar-refractivity contribution >= 4 is 29.5 Å². The van der Waals surface area contributed by atoms with Crippen molar-refractivity contribution in [1.82, 2.24) is 14.7 Å². The summed E-state index contributed by atoms with van der Waals surface area (Å²) < 4.78 is -1.54. The van der Waals surface area contributed by atoms with Crippen molar-refractivity contribution in [2.45, 2.75) is 88.0 Å². The molecule has 2 unspecified atom stereocenters. The second-order valence-corrected chi connectivity index (χ2v) is 14.6. The molecular weight excluding hydrogens is 534 g/mol. The highest BCUT2D eigenvalue weighted by Gasteiger charge is 2.74. The van der Waals surface area contributed by atoms with E-state index in [0.29, 0.717) is 26.1 Å². The lowest BCUT2D eigenvalue weighted by molar-refractivity contribution is -0.148. The summed E-state index contributed by atoms with van der Waals surface area (Å²) in [6.07, 6.45) is 10.7. The van der Waals surface area contributed by atoms with E-state index in [-0.39, 0.29) is 36.3 Å². The molecule has 1 aromatic carbocycles. The molecule has 222 valence electrons. The highest BCUT2D eigenvalue weighted by atomic mass is 32.2. The molecule has 0 aromatic heterocycles. The van der Waals surface area contributed by atoms with Gasteiger partial charge in [-0.15, -0.1) is 11.8 Å². The second kappa shape index (κ2) is 11.6. The van der Waals surface area contributed by atoms with E-state index in [2.05, 4.69) is 52.8 Å². The third-order valence-corrected chi connectivity index (χ3v) is 11.2. The van der Waals surface area contributed by atoms with Gasteiger partial charge in [-0.3, -0.25) is 14.4 Å². The van der Waals surface area contributed by atoms with Gasteiger partial charge in [0.05, 0.1) is 29.2 Å². The Morgan fingerprint density at radius 2 is 1.68 bits per heavy atom. The first-order valence-corrected chi connectivity index (χ1v) is 16.0. The Bertz CT molecular complexity index is 1220. The average molecular weight is 580 g/mol. The molecule has 1 aromatic rings. The smallest absolute Gasteiger partial charge is 0.247 e. The van der Waals surface area contributed by atoms with Gasteiger partial charge in [-0.2, -0.15) is 0 Å². The SMILES string of the molecule is CCCC(C)N1CC=C[C@]23S[C@]4(C)C=CCN(Cc5ccccc5)C(=O)[C@@H]4[C@H]2C(=O)N([C@@H](CO)CC(C)C)C3C1=O. The molecule has 1 N–H and O–H groups in total. The number of hydrogen-bond donors (Lipinski definition) is 1. The fourth-order valence-corrected chi connectivity index (χ4v) is 9.80. The zero-order chi connectivity index (χ0) is 29.5. The van der Waals surface area contributed by atoms with E-state index >= 15 is 0 Å². The van der Waals surface area contributed by atoms with Gasteiger partial charge in [0.15, 0.2) is 0 Å². The number of carbonyl (C=O) groups is 3. The summed E-state index contributed by atoms with van der Waals surface area (Å²) in [6, 6.07) is 8.70. The third-order valence-electron chi connectivity index (χ3n) is 9.41. The second-order valence-electron chi connectivity index (χ2n) is 12.8. The Labute approximate surface area is 249 Å². The van der Waals surface area contributed by atoms with Crippen molar-refractivity contribution in [3.05, 3.63) is 60.2 Å². The van der Waals surface area contributed by atoms with Gasteiger partial charge in [-0.25, -0.2) is 0 Å². The standard InChI is InChI=1S/C33H45N3O4S/c1-6-12-23(4)35-18-11-16-33-27(30(39)36(28(33)31(35)40)25(21-37)19-22(2)3)26-29(38)34(17-10-15-32(26,5)41-33)20-24-13-8-7-9-14-24/h7-11,13-16,22-23,25-28,37H,6,12,17-21H2,1-5H3/t23?,25-,26+,27+,28?,32-,33+/m1/s1. The molecular formula is C33H45N3O4S.